The lowest BCUT2D eigenvalue weighted by Crippen LogP contribution is -2.20. The van der Waals surface area contributed by atoms with Gasteiger partial charge in [0.2, 0.25) is 0 Å². The van der Waals surface area contributed by atoms with Crippen LogP contribution in [0.2, 0.25) is 10.0 Å². The van der Waals surface area contributed by atoms with Gasteiger partial charge in [-0.25, -0.2) is 63.5 Å². The number of hydrogen-bond donors (Lipinski definition) is 2. The maximum absolute atomic E-state index is 14.7. The minimum atomic E-state index is -3.97. The summed E-state index contributed by atoms with van der Waals surface area (Å²) in [5.41, 5.74) is 3.59. The second-order valence-electron chi connectivity index (χ2n) is 18.9. The van der Waals surface area contributed by atoms with Gasteiger partial charge in [-0.15, -0.1) is 0 Å². The third-order valence-electron chi connectivity index (χ3n) is 13.7. The second kappa shape index (κ2) is 21.4. The van der Waals surface area contributed by atoms with Crippen molar-refractivity contribution >= 4 is 65.3 Å². The van der Waals surface area contributed by atoms with Crippen LogP contribution in [0, 0.1) is 49.2 Å². The summed E-state index contributed by atoms with van der Waals surface area (Å²) in [6.45, 7) is 4.03. The lowest BCUT2D eigenvalue weighted by Gasteiger charge is -2.27. The molecule has 8 aromatic rings. The molecule has 14 nitrogen and oxygen atoms in total. The molecule has 2 fully saturated rings. The fourth-order valence-corrected chi connectivity index (χ4v) is 12.8. The number of aliphatic hydroxyl groups excluding tert-OH is 2. The van der Waals surface area contributed by atoms with E-state index in [0.29, 0.717) is 44.8 Å². The van der Waals surface area contributed by atoms with Crippen molar-refractivity contribution in [1.29, 1.82) is 0 Å². The number of pyridine rings is 2. The van der Waals surface area contributed by atoms with Gasteiger partial charge in [-0.1, -0.05) is 84.3 Å². The Labute approximate surface area is 426 Å². The first-order valence-corrected chi connectivity index (χ1v) is 27.4. The Morgan fingerprint density at radius 3 is 1.32 bits per heavy atom. The number of benzene rings is 2. The summed E-state index contributed by atoms with van der Waals surface area (Å²) in [7, 11) is -7.95. The molecular formula is C52H52Cl2F2N8O6S2. The number of rotatable bonds is 12. The topological polar surface area (TPSA) is 196 Å². The van der Waals surface area contributed by atoms with E-state index in [-0.39, 0.29) is 81.0 Å². The normalized spacial score (nSPS) is 18.6. The molecule has 2 N–H and O–H groups in total. The molecule has 0 saturated heterocycles. The maximum atomic E-state index is 14.7. The van der Waals surface area contributed by atoms with E-state index in [4.69, 9.17) is 23.2 Å². The summed E-state index contributed by atoms with van der Waals surface area (Å²) in [6, 6.07) is 16.3. The first-order valence-electron chi connectivity index (χ1n) is 23.7. The summed E-state index contributed by atoms with van der Waals surface area (Å²) < 4.78 is 85.7. The summed E-state index contributed by atoms with van der Waals surface area (Å²) in [5, 5.41) is 20.6. The molecule has 2 aromatic carbocycles. The van der Waals surface area contributed by atoms with Crippen LogP contribution in [0.25, 0.3) is 44.8 Å². The smallest absolute Gasteiger partial charge is 0.269 e. The lowest BCUT2D eigenvalue weighted by atomic mass is 9.79. The van der Waals surface area contributed by atoms with Gasteiger partial charge in [0.15, 0.2) is 34.6 Å². The van der Waals surface area contributed by atoms with Crippen molar-refractivity contribution in [2.75, 3.05) is 13.2 Å². The van der Waals surface area contributed by atoms with Crippen LogP contribution >= 0.6 is 23.2 Å². The Kier molecular flexibility index (Phi) is 15.2. The minimum Gasteiger partial charge on any atom is -0.396 e. The van der Waals surface area contributed by atoms with E-state index >= 15 is 0 Å². The first kappa shape index (κ1) is 51.2. The Hall–Kier alpha value is -5.76. The number of hydrogen-bond acceptors (Lipinski definition) is 12. The van der Waals surface area contributed by atoms with Crippen LogP contribution in [-0.4, -0.2) is 78.1 Å². The van der Waals surface area contributed by atoms with Gasteiger partial charge < -0.3 is 10.2 Å². The Balaban J connectivity index is 0.000000178. The van der Waals surface area contributed by atoms with Gasteiger partial charge in [0.05, 0.1) is 43.6 Å². The molecule has 20 heteroatoms. The third-order valence-corrected chi connectivity index (χ3v) is 17.4. The van der Waals surface area contributed by atoms with E-state index in [1.165, 1.54) is 24.8 Å². The average Bonchev–Trinajstić information content (AvgIpc) is 3.95. The zero-order valence-electron chi connectivity index (χ0n) is 39.5. The van der Waals surface area contributed by atoms with Gasteiger partial charge in [0.25, 0.3) is 20.0 Å². The predicted octanol–water partition coefficient (Wildman–Crippen LogP) is 10.3. The fraction of sp³-hybridized carbons (Fsp3) is 0.346. The van der Waals surface area contributed by atoms with Gasteiger partial charge in [-0.05, 0) is 112 Å². The average molecular weight is 1060 g/mol. The van der Waals surface area contributed by atoms with E-state index in [1.807, 2.05) is 13.8 Å². The summed E-state index contributed by atoms with van der Waals surface area (Å²) in [4.78, 5) is 26.2. The van der Waals surface area contributed by atoms with Gasteiger partial charge in [-0.3, -0.25) is 0 Å². The molecule has 72 heavy (non-hydrogen) atoms. The summed E-state index contributed by atoms with van der Waals surface area (Å²) in [5.74, 6) is 0.285. The van der Waals surface area contributed by atoms with Crippen molar-refractivity contribution in [3.63, 3.8) is 0 Å². The minimum absolute atomic E-state index is 0.116. The molecule has 2 aliphatic rings. The summed E-state index contributed by atoms with van der Waals surface area (Å²) >= 11 is 12.4. The van der Waals surface area contributed by atoms with Crippen molar-refractivity contribution < 1.29 is 35.8 Å². The molecule has 0 spiro atoms. The molecule has 0 amide bonds. The van der Waals surface area contributed by atoms with Gasteiger partial charge in [0, 0.05) is 59.9 Å². The van der Waals surface area contributed by atoms with Gasteiger partial charge >= 0.3 is 0 Å². The predicted molar refractivity (Wildman–Crippen MR) is 271 cm³/mol. The zero-order valence-corrected chi connectivity index (χ0v) is 42.6. The molecule has 0 aliphatic heterocycles. The number of fused-ring (bicyclic) bond motifs is 2. The number of halogens is 4. The molecule has 376 valence electrons. The molecule has 0 unspecified atom stereocenters. The molecule has 10 rings (SSSR count). The quantitative estimate of drug-likeness (QED) is 0.118. The summed E-state index contributed by atoms with van der Waals surface area (Å²) in [6.07, 6.45) is 16.2. The highest BCUT2D eigenvalue weighted by molar-refractivity contribution is 7.90. The standard InChI is InChI=1S/2C26H26ClFN4O3S/c2*1-16-5-7-20(8-6-16)36(34,35)32-14-22(21-11-19(27)12-30-26(21)32)25-29-13-23(28)24(31-25)10-17-3-2-4-18(9-17)15-33/h2*5-8,11-14,17-18,33H,2-4,9-10,15H2,1H3/t17-,18+;17-,18-/m11/s1. The van der Waals surface area contributed by atoms with Crippen LogP contribution in [0.5, 0.6) is 0 Å². The number of nitrogens with zero attached hydrogens (tertiary/aromatic N) is 8. The van der Waals surface area contributed by atoms with Crippen molar-refractivity contribution in [3.05, 3.63) is 142 Å². The molecule has 4 atom stereocenters. The van der Waals surface area contributed by atoms with Crippen LogP contribution in [0.1, 0.15) is 73.9 Å². The van der Waals surface area contributed by atoms with Crippen molar-refractivity contribution in [2.24, 2.45) is 23.7 Å². The number of aromatic nitrogens is 8. The highest BCUT2D eigenvalue weighted by Crippen LogP contribution is 2.37. The molecule has 0 radical (unpaired) electrons. The first-order chi connectivity index (χ1) is 34.5. The molecule has 2 saturated carbocycles. The zero-order chi connectivity index (χ0) is 50.9. The van der Waals surface area contributed by atoms with Crippen molar-refractivity contribution in [2.45, 2.75) is 87.8 Å². The second-order valence-corrected chi connectivity index (χ2v) is 23.4. The third kappa shape index (κ3) is 10.8. The fourth-order valence-electron chi connectivity index (χ4n) is 9.88. The van der Waals surface area contributed by atoms with E-state index in [9.17, 15) is 35.8 Å². The van der Waals surface area contributed by atoms with Crippen LogP contribution in [-0.2, 0) is 32.9 Å². The van der Waals surface area contributed by atoms with Gasteiger partial charge in [0.1, 0.15) is 0 Å². The molecule has 2 aliphatic carbocycles. The van der Waals surface area contributed by atoms with Crippen LogP contribution in [0.4, 0.5) is 8.78 Å². The van der Waals surface area contributed by atoms with E-state index < -0.39 is 31.7 Å². The number of aliphatic hydroxyl groups is 2. The molecule has 6 heterocycles. The van der Waals surface area contributed by atoms with Crippen molar-refractivity contribution in [1.82, 2.24) is 37.8 Å². The van der Waals surface area contributed by atoms with E-state index in [2.05, 4.69) is 29.9 Å². The Morgan fingerprint density at radius 2 is 0.944 bits per heavy atom. The highest BCUT2D eigenvalue weighted by atomic mass is 35.5. The molecule has 0 bridgehead atoms. The SMILES string of the molecule is Cc1ccc(S(=O)(=O)n2cc(-c3ncc(F)c(C[C@@H]4CCC[C@@H](CO)C4)n3)c3cc(Cl)cnc32)cc1.Cc1ccc(S(=O)(=O)n2cc(-c3ncc(F)c(C[C@@H]4CCC[C@H](CO)C4)n3)c3cc(Cl)cnc32)cc1. The number of aryl methyl sites for hydroxylation is 2. The van der Waals surface area contributed by atoms with Crippen molar-refractivity contribution in [3.8, 4) is 22.8 Å². The highest BCUT2D eigenvalue weighted by Gasteiger charge is 2.29. The van der Waals surface area contributed by atoms with Crippen LogP contribution < -0.4 is 0 Å². The van der Waals surface area contributed by atoms with E-state index in [0.717, 1.165) is 82.8 Å². The molecule has 6 aromatic heterocycles. The van der Waals surface area contributed by atoms with Crippen LogP contribution in [0.3, 0.4) is 0 Å². The molecular weight excluding hydrogens is 1010 g/mol. The monoisotopic (exact) mass is 1060 g/mol. The van der Waals surface area contributed by atoms with E-state index in [1.54, 1.807) is 60.7 Å². The Morgan fingerprint density at radius 1 is 0.569 bits per heavy atom. The largest absolute Gasteiger partial charge is 0.396 e. The maximum Gasteiger partial charge on any atom is 0.269 e. The lowest BCUT2D eigenvalue weighted by molar-refractivity contribution is 0.159. The van der Waals surface area contributed by atoms with Gasteiger partial charge in [-0.2, -0.15) is 0 Å². The van der Waals surface area contributed by atoms with Crippen LogP contribution in [0.15, 0.2) is 108 Å². The Bertz CT molecular complexity index is 3280.